The van der Waals surface area contributed by atoms with E-state index in [1.54, 1.807) is 18.6 Å². The van der Waals surface area contributed by atoms with E-state index in [-0.39, 0.29) is 0 Å². The van der Waals surface area contributed by atoms with Crippen LogP contribution in [0.2, 0.25) is 0 Å². The van der Waals surface area contributed by atoms with E-state index >= 15 is 0 Å². The highest BCUT2D eigenvalue weighted by atomic mass is 15.2. The molecule has 0 aromatic carbocycles. The molecule has 2 N–H and O–H groups in total. The van der Waals surface area contributed by atoms with Gasteiger partial charge in [0.2, 0.25) is 5.82 Å². The molecule has 1 fully saturated rings. The maximum Gasteiger partial charge on any atom is 0.201 e. The summed E-state index contributed by atoms with van der Waals surface area (Å²) in [7, 11) is 0. The fourth-order valence-electron chi connectivity index (χ4n) is 2.04. The van der Waals surface area contributed by atoms with E-state index in [1.807, 2.05) is 0 Å². The molecule has 1 aliphatic rings. The number of aromatic nitrogens is 5. The van der Waals surface area contributed by atoms with E-state index in [4.69, 9.17) is 0 Å². The van der Waals surface area contributed by atoms with Crippen LogP contribution < -0.4 is 5.32 Å². The molecule has 2 aromatic heterocycles. The molecule has 0 bridgehead atoms. The van der Waals surface area contributed by atoms with Gasteiger partial charge in [-0.05, 0) is 19.4 Å². The van der Waals surface area contributed by atoms with Gasteiger partial charge in [0.15, 0.2) is 0 Å². The van der Waals surface area contributed by atoms with Crippen LogP contribution in [-0.4, -0.2) is 31.7 Å². The molecule has 1 saturated heterocycles. The first-order valence-corrected chi connectivity index (χ1v) is 5.85. The lowest BCUT2D eigenvalue weighted by atomic mass is 10.0. The Morgan fingerprint density at radius 3 is 3.00 bits per heavy atom. The van der Waals surface area contributed by atoms with Gasteiger partial charge in [0.05, 0.1) is 12.2 Å². The van der Waals surface area contributed by atoms with E-state index < -0.39 is 0 Å². The quantitative estimate of drug-likeness (QED) is 0.807. The summed E-state index contributed by atoms with van der Waals surface area (Å²) >= 11 is 0. The van der Waals surface area contributed by atoms with Crippen molar-refractivity contribution in [3.63, 3.8) is 0 Å². The normalized spacial score (nSPS) is 20.4. The third kappa shape index (κ3) is 2.16. The van der Waals surface area contributed by atoms with Crippen LogP contribution in [0.3, 0.4) is 0 Å². The van der Waals surface area contributed by atoms with Crippen LogP contribution in [-0.2, 0) is 0 Å². The van der Waals surface area contributed by atoms with Gasteiger partial charge in [0.1, 0.15) is 11.5 Å². The Morgan fingerprint density at radius 1 is 1.24 bits per heavy atom. The van der Waals surface area contributed by atoms with Crippen molar-refractivity contribution in [2.75, 3.05) is 6.54 Å². The predicted molar refractivity (Wildman–Crippen MR) is 62.0 cm³/mol. The number of H-pyrrole nitrogens is 1. The zero-order valence-corrected chi connectivity index (χ0v) is 9.43. The van der Waals surface area contributed by atoms with Crippen molar-refractivity contribution < 1.29 is 0 Å². The Morgan fingerprint density at radius 2 is 2.24 bits per heavy atom. The van der Waals surface area contributed by atoms with Gasteiger partial charge >= 0.3 is 0 Å². The Kier molecular flexibility index (Phi) is 2.79. The van der Waals surface area contributed by atoms with Crippen molar-refractivity contribution in [1.82, 2.24) is 30.5 Å². The van der Waals surface area contributed by atoms with Crippen molar-refractivity contribution in [1.29, 1.82) is 0 Å². The second-order valence-electron chi connectivity index (χ2n) is 4.14. The van der Waals surface area contributed by atoms with E-state index in [0.717, 1.165) is 18.8 Å². The third-order valence-electron chi connectivity index (χ3n) is 2.94. The zero-order valence-electron chi connectivity index (χ0n) is 9.43. The minimum atomic E-state index is 0.293. The lowest BCUT2D eigenvalue weighted by Gasteiger charge is -2.20. The smallest absolute Gasteiger partial charge is 0.201 e. The van der Waals surface area contributed by atoms with Gasteiger partial charge in [0.25, 0.3) is 0 Å². The monoisotopic (exact) mass is 230 g/mol. The molecule has 0 aliphatic carbocycles. The average molecular weight is 230 g/mol. The molecule has 2 aromatic rings. The highest BCUT2D eigenvalue weighted by molar-refractivity contribution is 5.45. The van der Waals surface area contributed by atoms with Crippen LogP contribution in [0.1, 0.15) is 31.1 Å². The van der Waals surface area contributed by atoms with Crippen LogP contribution in [0.25, 0.3) is 11.5 Å². The van der Waals surface area contributed by atoms with E-state index in [1.165, 1.54) is 12.8 Å². The van der Waals surface area contributed by atoms with Crippen molar-refractivity contribution in [2.24, 2.45) is 0 Å². The van der Waals surface area contributed by atoms with Crippen molar-refractivity contribution in [3.8, 4) is 11.5 Å². The number of hydrogen-bond acceptors (Lipinski definition) is 5. The zero-order chi connectivity index (χ0) is 11.5. The van der Waals surface area contributed by atoms with Crippen LogP contribution in [0.5, 0.6) is 0 Å². The lowest BCUT2D eigenvalue weighted by Crippen LogP contribution is -2.27. The molecule has 3 rings (SSSR count). The van der Waals surface area contributed by atoms with Crippen molar-refractivity contribution in [2.45, 2.75) is 25.3 Å². The molecular weight excluding hydrogens is 216 g/mol. The molecule has 6 nitrogen and oxygen atoms in total. The number of piperidine rings is 1. The molecule has 0 amide bonds. The summed E-state index contributed by atoms with van der Waals surface area (Å²) in [5.74, 6) is 1.51. The first-order chi connectivity index (χ1) is 8.43. The second-order valence-corrected chi connectivity index (χ2v) is 4.14. The maximum absolute atomic E-state index is 4.47. The van der Waals surface area contributed by atoms with Gasteiger partial charge in [-0.15, -0.1) is 0 Å². The number of rotatable bonds is 2. The molecule has 88 valence electrons. The first kappa shape index (κ1) is 10.3. The number of nitrogens with zero attached hydrogens (tertiary/aromatic N) is 4. The summed E-state index contributed by atoms with van der Waals surface area (Å²) in [6.45, 7) is 1.05. The van der Waals surface area contributed by atoms with Gasteiger partial charge < -0.3 is 5.32 Å². The fraction of sp³-hybridized carbons (Fsp3) is 0.455. The molecule has 0 radical (unpaired) electrons. The minimum Gasteiger partial charge on any atom is -0.307 e. The number of nitrogens with one attached hydrogen (secondary N) is 2. The van der Waals surface area contributed by atoms with Gasteiger partial charge in [-0.25, -0.2) is 9.97 Å². The molecule has 1 unspecified atom stereocenters. The van der Waals surface area contributed by atoms with Crippen molar-refractivity contribution >= 4 is 0 Å². The summed E-state index contributed by atoms with van der Waals surface area (Å²) in [4.78, 5) is 12.7. The highest BCUT2D eigenvalue weighted by Gasteiger charge is 2.19. The molecule has 1 atom stereocenters. The molecule has 17 heavy (non-hydrogen) atoms. The Bertz CT molecular complexity index is 474. The predicted octanol–water partition coefficient (Wildman–Crippen LogP) is 1.08. The maximum atomic E-state index is 4.47. The lowest BCUT2D eigenvalue weighted by molar-refractivity contribution is 0.398. The SMILES string of the molecule is c1cnc(-c2n[nH]c(C3CCCCN3)n2)cn1. The third-order valence-corrected chi connectivity index (χ3v) is 2.94. The molecule has 0 spiro atoms. The fourth-order valence-corrected chi connectivity index (χ4v) is 2.04. The molecule has 6 heteroatoms. The molecule has 0 saturated carbocycles. The minimum absolute atomic E-state index is 0.293. The Labute approximate surface area is 98.9 Å². The Hall–Kier alpha value is -1.82. The summed E-state index contributed by atoms with van der Waals surface area (Å²) in [6.07, 6.45) is 8.53. The Balaban J connectivity index is 1.83. The van der Waals surface area contributed by atoms with Gasteiger partial charge in [-0.1, -0.05) is 6.42 Å². The number of aromatic amines is 1. The van der Waals surface area contributed by atoms with Crippen LogP contribution in [0, 0.1) is 0 Å². The van der Waals surface area contributed by atoms with Gasteiger partial charge in [-0.3, -0.25) is 10.1 Å². The van der Waals surface area contributed by atoms with Crippen LogP contribution in [0.4, 0.5) is 0 Å². The molecular formula is C11H14N6. The second kappa shape index (κ2) is 4.58. The van der Waals surface area contributed by atoms with E-state index in [0.29, 0.717) is 17.6 Å². The summed E-state index contributed by atoms with van der Waals surface area (Å²) in [6, 6.07) is 0.293. The van der Waals surface area contributed by atoms with Crippen LogP contribution in [0.15, 0.2) is 18.6 Å². The van der Waals surface area contributed by atoms with Crippen molar-refractivity contribution in [3.05, 3.63) is 24.4 Å². The molecule has 3 heterocycles. The number of hydrogen-bond donors (Lipinski definition) is 2. The summed E-state index contributed by atoms with van der Waals surface area (Å²) in [5.41, 5.74) is 0.700. The van der Waals surface area contributed by atoms with Gasteiger partial charge in [0, 0.05) is 12.4 Å². The standard InChI is InChI=1S/C11H14N6/c1-2-4-13-8(3-1)10-15-11(17-16-10)9-7-12-5-6-14-9/h5-8,13H,1-4H2,(H,15,16,17). The van der Waals surface area contributed by atoms with E-state index in [2.05, 4.69) is 30.5 Å². The highest BCUT2D eigenvalue weighted by Crippen LogP contribution is 2.21. The van der Waals surface area contributed by atoms with E-state index in [9.17, 15) is 0 Å². The van der Waals surface area contributed by atoms with Gasteiger partial charge in [-0.2, -0.15) is 5.10 Å². The summed E-state index contributed by atoms with van der Waals surface area (Å²) in [5, 5.41) is 10.6. The first-order valence-electron chi connectivity index (χ1n) is 5.85. The largest absolute Gasteiger partial charge is 0.307 e. The molecule has 1 aliphatic heterocycles. The summed E-state index contributed by atoms with van der Waals surface area (Å²) < 4.78 is 0. The topological polar surface area (TPSA) is 79.4 Å². The van der Waals surface area contributed by atoms with Crippen LogP contribution >= 0.6 is 0 Å². The average Bonchev–Trinajstić information content (AvgIpc) is 2.90.